The van der Waals surface area contributed by atoms with E-state index in [9.17, 15) is 9.50 Å². The normalized spacial score (nSPS) is 10.4. The lowest BCUT2D eigenvalue weighted by Crippen LogP contribution is -2.03. The van der Waals surface area contributed by atoms with Crippen molar-refractivity contribution >= 4 is 15.9 Å². The first-order valence-corrected chi connectivity index (χ1v) is 5.35. The van der Waals surface area contributed by atoms with Crippen molar-refractivity contribution in [3.63, 3.8) is 0 Å². The number of methoxy groups -OCH3 is 1. The molecule has 0 unspecified atom stereocenters. The predicted octanol–water partition coefficient (Wildman–Crippen LogP) is 2.19. The summed E-state index contributed by atoms with van der Waals surface area (Å²) in [5.74, 6) is -0.860. The zero-order chi connectivity index (χ0) is 11.4. The highest BCUT2D eigenvalue weighted by atomic mass is 79.9. The van der Waals surface area contributed by atoms with Crippen molar-refractivity contribution in [2.24, 2.45) is 5.73 Å². The van der Waals surface area contributed by atoms with E-state index < -0.39 is 5.82 Å². The third-order valence-corrected chi connectivity index (χ3v) is 2.79. The maximum absolute atomic E-state index is 13.8. The molecule has 0 fully saturated rings. The number of hydrogen-bond acceptors (Lipinski definition) is 3. The Hall–Kier alpha value is -0.810. The number of rotatable bonds is 4. The van der Waals surface area contributed by atoms with Crippen LogP contribution >= 0.6 is 15.9 Å². The molecule has 0 bridgehead atoms. The molecule has 5 heteroatoms. The Balaban J connectivity index is 3.14. The van der Waals surface area contributed by atoms with Gasteiger partial charge in [-0.1, -0.05) is 15.9 Å². The lowest BCUT2D eigenvalue weighted by atomic mass is 10.1. The van der Waals surface area contributed by atoms with Gasteiger partial charge in [-0.05, 0) is 25.5 Å². The smallest absolute Gasteiger partial charge is 0.196 e. The first kappa shape index (κ1) is 12.3. The predicted molar refractivity (Wildman–Crippen MR) is 59.7 cm³/mol. The van der Waals surface area contributed by atoms with Gasteiger partial charge < -0.3 is 15.6 Å². The second-order valence-electron chi connectivity index (χ2n) is 3.10. The van der Waals surface area contributed by atoms with Crippen LogP contribution in [0.4, 0.5) is 4.39 Å². The number of halogens is 2. The van der Waals surface area contributed by atoms with Gasteiger partial charge in [0.05, 0.1) is 7.11 Å². The summed E-state index contributed by atoms with van der Waals surface area (Å²) in [4.78, 5) is 0. The summed E-state index contributed by atoms with van der Waals surface area (Å²) >= 11 is 3.20. The van der Waals surface area contributed by atoms with Gasteiger partial charge in [-0.2, -0.15) is 0 Å². The highest BCUT2D eigenvalue weighted by Crippen LogP contribution is 2.36. The quantitative estimate of drug-likeness (QED) is 0.887. The molecule has 0 saturated carbocycles. The Morgan fingerprint density at radius 2 is 2.27 bits per heavy atom. The zero-order valence-corrected chi connectivity index (χ0v) is 9.97. The van der Waals surface area contributed by atoms with Crippen LogP contribution in [0.1, 0.15) is 12.0 Å². The van der Waals surface area contributed by atoms with Crippen molar-refractivity contribution < 1.29 is 14.2 Å². The fraction of sp³-hybridized carbons (Fsp3) is 0.400. The second-order valence-corrected chi connectivity index (χ2v) is 3.95. The second kappa shape index (κ2) is 5.32. The van der Waals surface area contributed by atoms with Gasteiger partial charge in [0.2, 0.25) is 0 Å². The molecule has 0 aliphatic carbocycles. The van der Waals surface area contributed by atoms with Crippen LogP contribution in [-0.4, -0.2) is 18.8 Å². The molecule has 0 saturated heterocycles. The molecular weight excluding hydrogens is 265 g/mol. The Bertz CT molecular complexity index is 358. The van der Waals surface area contributed by atoms with Crippen LogP contribution in [0.2, 0.25) is 0 Å². The number of phenolic OH excluding ortho intramolecular Hbond substituents is 1. The summed E-state index contributed by atoms with van der Waals surface area (Å²) < 4.78 is 19.1. The maximum atomic E-state index is 13.8. The first-order chi connectivity index (χ1) is 7.11. The number of phenols is 1. The largest absolute Gasteiger partial charge is 0.504 e. The minimum atomic E-state index is -0.530. The van der Waals surface area contributed by atoms with Crippen LogP contribution in [0, 0.1) is 5.82 Å². The van der Waals surface area contributed by atoms with E-state index in [2.05, 4.69) is 15.9 Å². The van der Waals surface area contributed by atoms with Gasteiger partial charge in [-0.15, -0.1) is 0 Å². The molecule has 1 aromatic carbocycles. The molecule has 3 N–H and O–H groups in total. The number of nitrogens with two attached hydrogens (primary N) is 1. The molecule has 0 spiro atoms. The molecule has 3 nitrogen and oxygen atoms in total. The van der Waals surface area contributed by atoms with Gasteiger partial charge in [0.15, 0.2) is 17.3 Å². The minimum Gasteiger partial charge on any atom is -0.504 e. The topological polar surface area (TPSA) is 55.5 Å². The van der Waals surface area contributed by atoms with E-state index in [1.54, 1.807) is 0 Å². The summed E-state index contributed by atoms with van der Waals surface area (Å²) in [5.41, 5.74) is 5.84. The number of benzene rings is 1. The van der Waals surface area contributed by atoms with E-state index >= 15 is 0 Å². The van der Waals surface area contributed by atoms with Crippen LogP contribution < -0.4 is 10.5 Å². The highest BCUT2D eigenvalue weighted by Gasteiger charge is 2.16. The van der Waals surface area contributed by atoms with E-state index in [0.29, 0.717) is 29.4 Å². The monoisotopic (exact) mass is 277 g/mol. The Labute approximate surface area is 96.2 Å². The van der Waals surface area contributed by atoms with Crippen LogP contribution in [0.15, 0.2) is 10.5 Å². The van der Waals surface area contributed by atoms with Gasteiger partial charge in [-0.3, -0.25) is 0 Å². The van der Waals surface area contributed by atoms with Gasteiger partial charge in [0, 0.05) is 10.0 Å². The van der Waals surface area contributed by atoms with E-state index in [0.717, 1.165) is 0 Å². The molecule has 15 heavy (non-hydrogen) atoms. The SMILES string of the molecule is COc1c(O)cc(Br)c(CCCN)c1F. The van der Waals surface area contributed by atoms with Crippen molar-refractivity contribution in [3.05, 3.63) is 21.9 Å². The molecule has 0 amide bonds. The van der Waals surface area contributed by atoms with E-state index in [1.165, 1.54) is 13.2 Å². The molecule has 0 aliphatic rings. The summed E-state index contributed by atoms with van der Waals surface area (Å²) in [5, 5.41) is 9.40. The van der Waals surface area contributed by atoms with Crippen molar-refractivity contribution in [2.75, 3.05) is 13.7 Å². The van der Waals surface area contributed by atoms with Crippen molar-refractivity contribution in [1.29, 1.82) is 0 Å². The van der Waals surface area contributed by atoms with E-state index in [-0.39, 0.29) is 11.5 Å². The third kappa shape index (κ3) is 2.60. The summed E-state index contributed by atoms with van der Waals surface area (Å²) in [6.07, 6.45) is 1.20. The minimum absolute atomic E-state index is 0.120. The average Bonchev–Trinajstić information content (AvgIpc) is 2.17. The van der Waals surface area contributed by atoms with Crippen molar-refractivity contribution in [2.45, 2.75) is 12.8 Å². The molecular formula is C10H13BrFNO2. The third-order valence-electron chi connectivity index (χ3n) is 2.08. The Morgan fingerprint density at radius 3 is 2.80 bits per heavy atom. The lowest BCUT2D eigenvalue weighted by molar-refractivity contribution is 0.348. The summed E-state index contributed by atoms with van der Waals surface area (Å²) in [6.45, 7) is 0.495. The van der Waals surface area contributed by atoms with Crippen molar-refractivity contribution in [3.8, 4) is 11.5 Å². The number of hydrogen-bond donors (Lipinski definition) is 2. The highest BCUT2D eigenvalue weighted by molar-refractivity contribution is 9.10. The summed E-state index contributed by atoms with van der Waals surface area (Å²) in [6, 6.07) is 1.42. The van der Waals surface area contributed by atoms with E-state index in [4.69, 9.17) is 10.5 Å². The summed E-state index contributed by atoms with van der Waals surface area (Å²) in [7, 11) is 1.32. The van der Waals surface area contributed by atoms with Gasteiger partial charge in [-0.25, -0.2) is 4.39 Å². The van der Waals surface area contributed by atoms with Gasteiger partial charge in [0.25, 0.3) is 0 Å². The molecule has 0 heterocycles. The standard InChI is InChI=1S/C10H13BrFNO2/c1-15-10-8(14)5-7(11)6(9(10)12)3-2-4-13/h5,14H,2-4,13H2,1H3. The molecule has 1 aromatic rings. The first-order valence-electron chi connectivity index (χ1n) is 4.55. The molecule has 84 valence electrons. The maximum Gasteiger partial charge on any atom is 0.196 e. The number of ether oxygens (including phenoxy) is 1. The van der Waals surface area contributed by atoms with Gasteiger partial charge >= 0.3 is 0 Å². The van der Waals surface area contributed by atoms with Crippen LogP contribution in [0.3, 0.4) is 0 Å². The van der Waals surface area contributed by atoms with Crippen LogP contribution in [0.25, 0.3) is 0 Å². The molecule has 0 aromatic heterocycles. The van der Waals surface area contributed by atoms with Crippen LogP contribution in [0.5, 0.6) is 11.5 Å². The Kier molecular flexibility index (Phi) is 4.35. The van der Waals surface area contributed by atoms with Crippen molar-refractivity contribution in [1.82, 2.24) is 0 Å². The molecule has 0 radical (unpaired) electrons. The van der Waals surface area contributed by atoms with Crippen LogP contribution in [-0.2, 0) is 6.42 Å². The Morgan fingerprint density at radius 1 is 1.60 bits per heavy atom. The zero-order valence-electron chi connectivity index (χ0n) is 8.39. The van der Waals surface area contributed by atoms with Gasteiger partial charge in [0.1, 0.15) is 0 Å². The fourth-order valence-electron chi connectivity index (χ4n) is 1.33. The fourth-order valence-corrected chi connectivity index (χ4v) is 1.92. The average molecular weight is 278 g/mol. The molecule has 1 rings (SSSR count). The van der Waals surface area contributed by atoms with E-state index in [1.807, 2.05) is 0 Å². The lowest BCUT2D eigenvalue weighted by Gasteiger charge is -2.11. The molecule has 0 atom stereocenters. The molecule has 0 aliphatic heterocycles. The number of aromatic hydroxyl groups is 1.